The molecule has 1 aromatic rings. The molecule has 0 aliphatic carbocycles. The van der Waals surface area contributed by atoms with Crippen LogP contribution in [0.25, 0.3) is 0 Å². The molecule has 0 aromatic carbocycles. The number of nitrogens with zero attached hydrogens (tertiary/aromatic N) is 2. The van der Waals surface area contributed by atoms with E-state index in [4.69, 9.17) is 5.73 Å². The highest BCUT2D eigenvalue weighted by atomic mass is 15.2. The van der Waals surface area contributed by atoms with Gasteiger partial charge in [-0.1, -0.05) is 25.8 Å². The first-order valence-electron chi connectivity index (χ1n) is 6.27. The molecule has 1 aromatic heterocycles. The topological polar surface area (TPSA) is 42.1 Å². The van der Waals surface area contributed by atoms with E-state index in [1.165, 1.54) is 25.7 Å². The average molecular weight is 219 g/mol. The van der Waals surface area contributed by atoms with E-state index in [0.717, 1.165) is 24.8 Å². The third-order valence-corrected chi connectivity index (χ3v) is 3.39. The van der Waals surface area contributed by atoms with Crippen LogP contribution in [0.3, 0.4) is 0 Å². The maximum atomic E-state index is 5.70. The standard InChI is InChI=1S/C13H21N3/c1-2-4-11-7-9-16(10-8-11)13-6-3-5-12(14)15-13/h3,5-6,11H,2,4,7-10H2,1H3,(H2,14,15). The molecule has 2 N–H and O–H groups in total. The van der Waals surface area contributed by atoms with E-state index < -0.39 is 0 Å². The summed E-state index contributed by atoms with van der Waals surface area (Å²) in [5, 5.41) is 0. The van der Waals surface area contributed by atoms with E-state index in [1.807, 2.05) is 12.1 Å². The fourth-order valence-electron chi connectivity index (χ4n) is 2.47. The highest BCUT2D eigenvalue weighted by Gasteiger charge is 2.19. The zero-order valence-corrected chi connectivity index (χ0v) is 10.0. The smallest absolute Gasteiger partial charge is 0.130 e. The summed E-state index contributed by atoms with van der Waals surface area (Å²) >= 11 is 0. The number of rotatable bonds is 3. The lowest BCUT2D eigenvalue weighted by molar-refractivity contribution is 0.377. The number of nitrogens with two attached hydrogens (primary N) is 1. The molecule has 1 fully saturated rings. The first-order valence-corrected chi connectivity index (χ1v) is 6.27. The largest absolute Gasteiger partial charge is 0.384 e. The molecule has 88 valence electrons. The van der Waals surface area contributed by atoms with Crippen molar-refractivity contribution in [1.29, 1.82) is 0 Å². The molecule has 1 aliphatic rings. The van der Waals surface area contributed by atoms with Crippen LogP contribution < -0.4 is 10.6 Å². The second-order valence-electron chi connectivity index (χ2n) is 4.64. The van der Waals surface area contributed by atoms with Crippen molar-refractivity contribution in [2.24, 2.45) is 5.92 Å². The van der Waals surface area contributed by atoms with Crippen LogP contribution in [0.1, 0.15) is 32.6 Å². The lowest BCUT2D eigenvalue weighted by atomic mass is 9.92. The third kappa shape index (κ3) is 2.65. The molecule has 16 heavy (non-hydrogen) atoms. The molecule has 0 bridgehead atoms. The molecule has 0 spiro atoms. The lowest BCUT2D eigenvalue weighted by Crippen LogP contribution is -2.34. The Bertz CT molecular complexity index is 330. The molecule has 0 atom stereocenters. The number of nitrogen functional groups attached to an aromatic ring is 1. The number of hydrogen-bond acceptors (Lipinski definition) is 3. The highest BCUT2D eigenvalue weighted by Crippen LogP contribution is 2.25. The van der Waals surface area contributed by atoms with Crippen molar-refractivity contribution in [3.63, 3.8) is 0 Å². The minimum Gasteiger partial charge on any atom is -0.384 e. The van der Waals surface area contributed by atoms with Gasteiger partial charge in [-0.25, -0.2) is 4.98 Å². The maximum absolute atomic E-state index is 5.70. The molecule has 1 saturated heterocycles. The summed E-state index contributed by atoms with van der Waals surface area (Å²) in [4.78, 5) is 6.72. The number of pyridine rings is 1. The second-order valence-corrected chi connectivity index (χ2v) is 4.64. The monoisotopic (exact) mass is 219 g/mol. The molecule has 3 nitrogen and oxygen atoms in total. The Morgan fingerprint density at radius 1 is 1.38 bits per heavy atom. The van der Waals surface area contributed by atoms with E-state index in [-0.39, 0.29) is 0 Å². The molecule has 2 heterocycles. The summed E-state index contributed by atoms with van der Waals surface area (Å²) in [6.07, 6.45) is 5.27. The van der Waals surface area contributed by atoms with Gasteiger partial charge >= 0.3 is 0 Å². The second kappa shape index (κ2) is 5.19. The molecule has 1 aliphatic heterocycles. The average Bonchev–Trinajstić information content (AvgIpc) is 2.30. The Hall–Kier alpha value is -1.25. The first kappa shape index (κ1) is 11.2. The van der Waals surface area contributed by atoms with Gasteiger partial charge in [0.25, 0.3) is 0 Å². The maximum Gasteiger partial charge on any atom is 0.130 e. The van der Waals surface area contributed by atoms with Crippen molar-refractivity contribution in [3.8, 4) is 0 Å². The number of piperidine rings is 1. The van der Waals surface area contributed by atoms with Crippen molar-refractivity contribution in [3.05, 3.63) is 18.2 Å². The van der Waals surface area contributed by atoms with Crippen LogP contribution in [-0.4, -0.2) is 18.1 Å². The van der Waals surface area contributed by atoms with Crippen LogP contribution in [0.5, 0.6) is 0 Å². The van der Waals surface area contributed by atoms with Crippen LogP contribution in [-0.2, 0) is 0 Å². The van der Waals surface area contributed by atoms with Gasteiger partial charge in [0.1, 0.15) is 11.6 Å². The van der Waals surface area contributed by atoms with Gasteiger partial charge in [0.05, 0.1) is 0 Å². The van der Waals surface area contributed by atoms with Gasteiger partial charge < -0.3 is 10.6 Å². The molecule has 0 unspecified atom stereocenters. The molecular weight excluding hydrogens is 198 g/mol. The minimum atomic E-state index is 0.619. The van der Waals surface area contributed by atoms with E-state index >= 15 is 0 Å². The molecule has 0 amide bonds. The fraction of sp³-hybridized carbons (Fsp3) is 0.615. The van der Waals surface area contributed by atoms with Gasteiger partial charge in [-0.15, -0.1) is 0 Å². The molecule has 2 rings (SSSR count). The Labute approximate surface area is 97.7 Å². The van der Waals surface area contributed by atoms with Crippen LogP contribution in [0.15, 0.2) is 18.2 Å². The Balaban J connectivity index is 1.94. The van der Waals surface area contributed by atoms with E-state index in [1.54, 1.807) is 0 Å². The quantitative estimate of drug-likeness (QED) is 0.850. The van der Waals surface area contributed by atoms with Gasteiger partial charge in [-0.05, 0) is 30.9 Å². The summed E-state index contributed by atoms with van der Waals surface area (Å²) in [5.41, 5.74) is 5.70. The number of anilines is 2. The van der Waals surface area contributed by atoms with Crippen molar-refractivity contribution in [2.45, 2.75) is 32.6 Å². The van der Waals surface area contributed by atoms with Crippen molar-refractivity contribution in [1.82, 2.24) is 4.98 Å². The number of hydrogen-bond donors (Lipinski definition) is 1. The van der Waals surface area contributed by atoms with Gasteiger partial charge in [-0.2, -0.15) is 0 Å². The van der Waals surface area contributed by atoms with Gasteiger partial charge in [0.15, 0.2) is 0 Å². The van der Waals surface area contributed by atoms with Crippen LogP contribution in [0.4, 0.5) is 11.6 Å². The third-order valence-electron chi connectivity index (χ3n) is 3.39. The van der Waals surface area contributed by atoms with Crippen LogP contribution >= 0.6 is 0 Å². The Morgan fingerprint density at radius 3 is 2.75 bits per heavy atom. The molecule has 3 heteroatoms. The number of aromatic nitrogens is 1. The first-order chi connectivity index (χ1) is 7.79. The van der Waals surface area contributed by atoms with E-state index in [9.17, 15) is 0 Å². The van der Waals surface area contributed by atoms with E-state index in [0.29, 0.717) is 5.82 Å². The zero-order valence-electron chi connectivity index (χ0n) is 10.0. The van der Waals surface area contributed by atoms with Gasteiger partial charge in [0.2, 0.25) is 0 Å². The van der Waals surface area contributed by atoms with Gasteiger partial charge in [0, 0.05) is 13.1 Å². The predicted octanol–water partition coefficient (Wildman–Crippen LogP) is 2.68. The highest BCUT2D eigenvalue weighted by molar-refractivity contribution is 5.44. The minimum absolute atomic E-state index is 0.619. The Kier molecular flexibility index (Phi) is 3.65. The molecule has 0 radical (unpaired) electrons. The van der Waals surface area contributed by atoms with Crippen molar-refractivity contribution < 1.29 is 0 Å². The summed E-state index contributed by atoms with van der Waals surface area (Å²) < 4.78 is 0. The summed E-state index contributed by atoms with van der Waals surface area (Å²) in [6, 6.07) is 5.87. The molecule has 0 saturated carbocycles. The normalized spacial score (nSPS) is 17.7. The molecular formula is C13H21N3. The van der Waals surface area contributed by atoms with Crippen molar-refractivity contribution in [2.75, 3.05) is 23.7 Å². The SMILES string of the molecule is CCCC1CCN(c2cccc(N)n2)CC1. The lowest BCUT2D eigenvalue weighted by Gasteiger charge is -2.32. The summed E-state index contributed by atoms with van der Waals surface area (Å²) in [5.74, 6) is 2.57. The summed E-state index contributed by atoms with van der Waals surface area (Å²) in [7, 11) is 0. The van der Waals surface area contributed by atoms with Gasteiger partial charge in [-0.3, -0.25) is 0 Å². The predicted molar refractivity (Wildman–Crippen MR) is 68.5 cm³/mol. The van der Waals surface area contributed by atoms with Crippen LogP contribution in [0.2, 0.25) is 0 Å². The van der Waals surface area contributed by atoms with E-state index in [2.05, 4.69) is 22.9 Å². The summed E-state index contributed by atoms with van der Waals surface area (Å²) in [6.45, 7) is 4.52. The Morgan fingerprint density at radius 2 is 2.12 bits per heavy atom. The fourth-order valence-corrected chi connectivity index (χ4v) is 2.47. The van der Waals surface area contributed by atoms with Crippen LogP contribution in [0, 0.1) is 5.92 Å². The zero-order chi connectivity index (χ0) is 11.4. The van der Waals surface area contributed by atoms with Crippen molar-refractivity contribution >= 4 is 11.6 Å².